The van der Waals surface area contributed by atoms with Gasteiger partial charge in [0.15, 0.2) is 0 Å². The largest absolute Gasteiger partial charge is 0.439 e. The molecule has 4 aromatic heterocycles. The summed E-state index contributed by atoms with van der Waals surface area (Å²) in [5.41, 5.74) is 8.37. The van der Waals surface area contributed by atoms with E-state index in [1.807, 2.05) is 24.3 Å². The Morgan fingerprint density at radius 3 is 2.46 bits per heavy atom. The van der Waals surface area contributed by atoms with Crippen molar-refractivity contribution in [3.8, 4) is 17.3 Å². The number of aryl methyl sites for hydroxylation is 2. The topological polar surface area (TPSA) is 44.4 Å². The van der Waals surface area contributed by atoms with Crippen LogP contribution in [0, 0.1) is 0 Å². The Morgan fingerprint density at radius 2 is 1.51 bits per heavy atom. The van der Waals surface area contributed by atoms with Crippen molar-refractivity contribution in [1.82, 2.24) is 18.9 Å². The molecule has 39 heavy (non-hydrogen) atoms. The fourth-order valence-corrected chi connectivity index (χ4v) is 6.45. The van der Waals surface area contributed by atoms with Gasteiger partial charge < -0.3 is 9.30 Å². The van der Waals surface area contributed by atoms with E-state index < -0.39 is 0 Å². The second-order valence-corrected chi connectivity index (χ2v) is 10.3. The molecule has 5 heteroatoms. The van der Waals surface area contributed by atoms with Crippen molar-refractivity contribution in [1.29, 1.82) is 0 Å². The molecule has 9 rings (SSSR count). The number of rotatable bonds is 3. The van der Waals surface area contributed by atoms with Crippen molar-refractivity contribution in [3.05, 3.63) is 121 Å². The third-order valence-corrected chi connectivity index (χ3v) is 8.13. The standard InChI is InChI=1S/C34H22N4O/c1-2-9-30-26(7-1)27-16-14-24(39-32-10-3-4-17-35-32)19-31(27)37(30)22-13-15-25-28-8-5-6-21-11-12-23-20-36-34(29(25)18-22)38(23)33(21)28/h1-10,13-20H,11-12H2. The van der Waals surface area contributed by atoms with E-state index >= 15 is 0 Å². The first-order valence-corrected chi connectivity index (χ1v) is 13.3. The number of benzene rings is 4. The van der Waals surface area contributed by atoms with E-state index in [0.29, 0.717) is 5.88 Å². The van der Waals surface area contributed by atoms with E-state index in [4.69, 9.17) is 9.72 Å². The predicted octanol–water partition coefficient (Wildman–Crippen LogP) is 8.02. The molecule has 4 aromatic carbocycles. The van der Waals surface area contributed by atoms with Gasteiger partial charge >= 0.3 is 0 Å². The zero-order valence-corrected chi connectivity index (χ0v) is 21.0. The molecule has 0 saturated heterocycles. The molecule has 8 aromatic rings. The van der Waals surface area contributed by atoms with Crippen LogP contribution in [-0.2, 0) is 12.8 Å². The fourth-order valence-electron chi connectivity index (χ4n) is 6.45. The highest BCUT2D eigenvalue weighted by Crippen LogP contribution is 2.39. The van der Waals surface area contributed by atoms with Crippen molar-refractivity contribution in [2.45, 2.75) is 12.8 Å². The van der Waals surface area contributed by atoms with Crippen LogP contribution in [0.1, 0.15) is 11.3 Å². The van der Waals surface area contributed by atoms with Gasteiger partial charge in [0.05, 0.1) is 16.6 Å². The number of hydrogen-bond acceptors (Lipinski definition) is 3. The number of fused-ring (bicyclic) bond motifs is 6. The van der Waals surface area contributed by atoms with Crippen LogP contribution in [0.4, 0.5) is 0 Å². The molecular weight excluding hydrogens is 480 g/mol. The first-order valence-electron chi connectivity index (χ1n) is 13.3. The highest BCUT2D eigenvalue weighted by Gasteiger charge is 2.20. The number of pyridine rings is 2. The Hall–Kier alpha value is -5.16. The number of imidazole rings is 1. The number of aromatic nitrogens is 4. The number of para-hydroxylation sites is 2. The summed E-state index contributed by atoms with van der Waals surface area (Å²) in [6.45, 7) is 0. The maximum absolute atomic E-state index is 6.13. The molecule has 1 aliphatic heterocycles. The molecule has 0 radical (unpaired) electrons. The Balaban J connectivity index is 1.34. The lowest BCUT2D eigenvalue weighted by molar-refractivity contribution is 0.463. The van der Waals surface area contributed by atoms with E-state index in [0.717, 1.165) is 46.3 Å². The molecule has 5 heterocycles. The minimum Gasteiger partial charge on any atom is -0.439 e. The van der Waals surface area contributed by atoms with E-state index in [9.17, 15) is 0 Å². The number of ether oxygens (including phenoxy) is 1. The monoisotopic (exact) mass is 502 g/mol. The first-order chi connectivity index (χ1) is 19.3. The van der Waals surface area contributed by atoms with Gasteiger partial charge in [0.25, 0.3) is 0 Å². The quantitative estimate of drug-likeness (QED) is 0.230. The summed E-state index contributed by atoms with van der Waals surface area (Å²) in [6.07, 6.45) is 5.88. The van der Waals surface area contributed by atoms with Gasteiger partial charge in [-0.1, -0.05) is 48.5 Å². The Morgan fingerprint density at radius 1 is 0.641 bits per heavy atom. The Kier molecular flexibility index (Phi) is 4.11. The molecule has 184 valence electrons. The molecule has 0 saturated carbocycles. The van der Waals surface area contributed by atoms with Crippen LogP contribution in [0.3, 0.4) is 0 Å². The zero-order valence-electron chi connectivity index (χ0n) is 21.0. The average molecular weight is 503 g/mol. The smallest absolute Gasteiger partial charge is 0.219 e. The summed E-state index contributed by atoms with van der Waals surface area (Å²) in [5.74, 6) is 1.34. The van der Waals surface area contributed by atoms with Crippen LogP contribution in [0.15, 0.2) is 109 Å². The summed E-state index contributed by atoms with van der Waals surface area (Å²) >= 11 is 0. The van der Waals surface area contributed by atoms with Crippen LogP contribution < -0.4 is 4.74 Å². The third kappa shape index (κ3) is 2.90. The molecule has 0 fully saturated rings. The molecule has 0 spiro atoms. The molecule has 0 aliphatic carbocycles. The molecule has 5 nitrogen and oxygen atoms in total. The van der Waals surface area contributed by atoms with Crippen molar-refractivity contribution >= 4 is 49.1 Å². The van der Waals surface area contributed by atoms with Crippen molar-refractivity contribution in [3.63, 3.8) is 0 Å². The average Bonchev–Trinajstić information content (AvgIpc) is 3.57. The number of nitrogens with zero attached hydrogens (tertiary/aromatic N) is 4. The van der Waals surface area contributed by atoms with Crippen molar-refractivity contribution < 1.29 is 4.74 Å². The number of hydrogen-bond donors (Lipinski definition) is 0. The molecule has 0 unspecified atom stereocenters. The van der Waals surface area contributed by atoms with Gasteiger partial charge in [-0.2, -0.15) is 0 Å². The minimum absolute atomic E-state index is 0.579. The fraction of sp³-hybridized carbons (Fsp3) is 0.0588. The van der Waals surface area contributed by atoms with E-state index in [-0.39, 0.29) is 0 Å². The third-order valence-electron chi connectivity index (χ3n) is 8.13. The second-order valence-electron chi connectivity index (χ2n) is 10.3. The molecule has 0 atom stereocenters. The zero-order chi connectivity index (χ0) is 25.5. The maximum Gasteiger partial charge on any atom is 0.219 e. The summed E-state index contributed by atoms with van der Waals surface area (Å²) in [6, 6.07) is 34.0. The van der Waals surface area contributed by atoms with E-state index in [1.165, 1.54) is 38.3 Å². The molecule has 0 amide bonds. The molecular formula is C34H22N4O. The Bertz CT molecular complexity index is 2260. The van der Waals surface area contributed by atoms with Crippen LogP contribution in [-0.4, -0.2) is 18.9 Å². The van der Waals surface area contributed by atoms with Crippen LogP contribution in [0.2, 0.25) is 0 Å². The maximum atomic E-state index is 6.13. The van der Waals surface area contributed by atoms with Gasteiger partial charge in [-0.15, -0.1) is 0 Å². The summed E-state index contributed by atoms with van der Waals surface area (Å²) in [4.78, 5) is 9.28. The van der Waals surface area contributed by atoms with Crippen LogP contribution >= 0.6 is 0 Å². The van der Waals surface area contributed by atoms with Crippen molar-refractivity contribution in [2.24, 2.45) is 0 Å². The molecule has 0 bridgehead atoms. The van der Waals surface area contributed by atoms with E-state index in [1.54, 1.807) is 6.20 Å². The lowest BCUT2D eigenvalue weighted by Crippen LogP contribution is -2.07. The predicted molar refractivity (Wildman–Crippen MR) is 156 cm³/mol. The van der Waals surface area contributed by atoms with Crippen molar-refractivity contribution in [2.75, 3.05) is 0 Å². The minimum atomic E-state index is 0.579. The van der Waals surface area contributed by atoms with E-state index in [2.05, 4.69) is 92.9 Å². The highest BCUT2D eigenvalue weighted by molar-refractivity contribution is 6.14. The molecule has 0 N–H and O–H groups in total. The van der Waals surface area contributed by atoms with Gasteiger partial charge in [0, 0.05) is 57.5 Å². The summed E-state index contributed by atoms with van der Waals surface area (Å²) < 4.78 is 10.8. The van der Waals surface area contributed by atoms with Crippen LogP contribution in [0.25, 0.3) is 54.8 Å². The molecule has 1 aliphatic rings. The summed E-state index contributed by atoms with van der Waals surface area (Å²) in [5, 5.41) is 6.08. The van der Waals surface area contributed by atoms with Gasteiger partial charge in [-0.05, 0) is 60.2 Å². The normalized spacial score (nSPS) is 12.9. The first kappa shape index (κ1) is 20.8. The van der Waals surface area contributed by atoms with Gasteiger partial charge in [0.2, 0.25) is 5.88 Å². The highest BCUT2D eigenvalue weighted by atomic mass is 16.5. The van der Waals surface area contributed by atoms with Gasteiger partial charge in [-0.25, -0.2) is 9.97 Å². The summed E-state index contributed by atoms with van der Waals surface area (Å²) in [7, 11) is 0. The lowest BCUT2D eigenvalue weighted by atomic mass is 9.97. The lowest BCUT2D eigenvalue weighted by Gasteiger charge is -2.19. The SMILES string of the molecule is c1ccc(Oc2ccc3c4ccccc4n(-c4ccc5c(c4)c4ncc6n4c4c(cccc54)CC6)c3c2)nc1. The van der Waals surface area contributed by atoms with Crippen LogP contribution in [0.5, 0.6) is 11.6 Å². The Labute approximate surface area is 223 Å². The van der Waals surface area contributed by atoms with Gasteiger partial charge in [0.1, 0.15) is 11.4 Å². The second kappa shape index (κ2) is 7.68. The van der Waals surface area contributed by atoms with Gasteiger partial charge in [-0.3, -0.25) is 4.40 Å².